The first-order valence-electron chi connectivity index (χ1n) is 4.70. The van der Waals surface area contributed by atoms with Crippen molar-refractivity contribution in [2.24, 2.45) is 4.99 Å². The summed E-state index contributed by atoms with van der Waals surface area (Å²) in [6.07, 6.45) is 0.526. The lowest BCUT2D eigenvalue weighted by Gasteiger charge is -2.16. The van der Waals surface area contributed by atoms with Crippen LogP contribution in [0.3, 0.4) is 0 Å². The largest absolute Gasteiger partial charge is 0.268 e. The Kier molecular flexibility index (Phi) is 2.38. The third kappa shape index (κ3) is 1.34. The zero-order valence-electron chi connectivity index (χ0n) is 8.51. The van der Waals surface area contributed by atoms with Crippen molar-refractivity contribution in [3.05, 3.63) is 35.4 Å². The highest BCUT2D eigenvalue weighted by Gasteiger charge is 2.38. The lowest BCUT2D eigenvalue weighted by Crippen LogP contribution is -2.36. The second kappa shape index (κ2) is 3.72. The molecule has 2 amide bonds. The lowest BCUT2D eigenvalue weighted by atomic mass is 10.1. The molecule has 16 heavy (non-hydrogen) atoms. The van der Waals surface area contributed by atoms with Crippen LogP contribution in [0.2, 0.25) is 0 Å². The maximum Gasteiger partial charge on any atom is 0.263 e. The number of hydrogen-bond donors (Lipinski definition) is 0. The van der Waals surface area contributed by atoms with E-state index in [9.17, 15) is 14.4 Å². The van der Waals surface area contributed by atoms with Gasteiger partial charge in [-0.2, -0.15) is 4.99 Å². The van der Waals surface area contributed by atoms with E-state index in [4.69, 9.17) is 0 Å². The number of isocyanates is 1. The third-order valence-electron chi connectivity index (χ3n) is 2.44. The molecular formula is C11H8N2O3. The molecule has 5 nitrogen and oxygen atoms in total. The van der Waals surface area contributed by atoms with Gasteiger partial charge in [-0.25, -0.2) is 4.79 Å². The number of imide groups is 1. The van der Waals surface area contributed by atoms with Gasteiger partial charge in [-0.15, -0.1) is 0 Å². The molecule has 5 heteroatoms. The maximum atomic E-state index is 11.8. The van der Waals surface area contributed by atoms with Gasteiger partial charge in [0.25, 0.3) is 11.8 Å². The predicted octanol–water partition coefficient (Wildman–Crippen LogP) is 0.964. The average molecular weight is 216 g/mol. The van der Waals surface area contributed by atoms with Crippen molar-refractivity contribution in [3.8, 4) is 0 Å². The second-order valence-corrected chi connectivity index (χ2v) is 3.38. The topological polar surface area (TPSA) is 66.8 Å². The molecule has 80 valence electrons. The number of aliphatic imine (C=N–C) groups is 1. The number of carbonyl (C=O) groups is 2. The molecule has 1 aromatic carbocycles. The van der Waals surface area contributed by atoms with Crippen LogP contribution < -0.4 is 0 Å². The van der Waals surface area contributed by atoms with Crippen LogP contribution in [0, 0.1) is 0 Å². The van der Waals surface area contributed by atoms with Crippen molar-refractivity contribution < 1.29 is 14.4 Å². The van der Waals surface area contributed by atoms with Crippen LogP contribution in [-0.2, 0) is 4.79 Å². The highest BCUT2D eigenvalue weighted by molar-refractivity contribution is 6.21. The minimum atomic E-state index is -0.815. The number of amides is 2. The van der Waals surface area contributed by atoms with Gasteiger partial charge in [0, 0.05) is 0 Å². The molecule has 1 aromatic rings. The minimum Gasteiger partial charge on any atom is -0.268 e. The molecule has 0 radical (unpaired) electrons. The van der Waals surface area contributed by atoms with Crippen molar-refractivity contribution >= 4 is 17.9 Å². The van der Waals surface area contributed by atoms with Crippen LogP contribution in [0.25, 0.3) is 0 Å². The molecule has 0 saturated carbocycles. The fourth-order valence-electron chi connectivity index (χ4n) is 1.68. The van der Waals surface area contributed by atoms with Gasteiger partial charge in [0.2, 0.25) is 6.08 Å². The molecule has 0 saturated heterocycles. The van der Waals surface area contributed by atoms with E-state index in [-0.39, 0.29) is 0 Å². The van der Waals surface area contributed by atoms with E-state index < -0.39 is 18.0 Å². The van der Waals surface area contributed by atoms with Crippen LogP contribution >= 0.6 is 0 Å². The molecule has 0 N–H and O–H groups in total. The second-order valence-electron chi connectivity index (χ2n) is 3.38. The van der Waals surface area contributed by atoms with E-state index >= 15 is 0 Å². The van der Waals surface area contributed by atoms with E-state index in [0.29, 0.717) is 11.1 Å². The summed E-state index contributed by atoms with van der Waals surface area (Å²) in [5.74, 6) is -0.848. The Morgan fingerprint density at radius 1 is 1.19 bits per heavy atom. The molecule has 1 atom stereocenters. The molecule has 1 aliphatic heterocycles. The summed E-state index contributed by atoms with van der Waals surface area (Å²) in [7, 11) is 0. The normalized spacial score (nSPS) is 15.7. The quantitative estimate of drug-likeness (QED) is 0.420. The molecule has 0 aliphatic carbocycles. The Morgan fingerprint density at radius 2 is 1.69 bits per heavy atom. The SMILES string of the molecule is CC(N=C=O)N1C(=O)c2ccccc2C1=O. The molecule has 0 spiro atoms. The van der Waals surface area contributed by atoms with E-state index in [2.05, 4.69) is 4.99 Å². The first kappa shape index (κ1) is 10.3. The monoisotopic (exact) mass is 216 g/mol. The van der Waals surface area contributed by atoms with E-state index in [1.807, 2.05) is 0 Å². The fraction of sp³-hybridized carbons (Fsp3) is 0.182. The lowest BCUT2D eigenvalue weighted by molar-refractivity contribution is 0.0603. The predicted molar refractivity (Wildman–Crippen MR) is 54.5 cm³/mol. The van der Waals surface area contributed by atoms with Crippen molar-refractivity contribution in [1.29, 1.82) is 0 Å². The summed E-state index contributed by atoms with van der Waals surface area (Å²) in [6.45, 7) is 1.49. The zero-order valence-corrected chi connectivity index (χ0v) is 8.51. The number of hydrogen-bond acceptors (Lipinski definition) is 4. The van der Waals surface area contributed by atoms with Crippen LogP contribution in [-0.4, -0.2) is 29.0 Å². The van der Waals surface area contributed by atoms with Gasteiger partial charge in [-0.1, -0.05) is 12.1 Å². The van der Waals surface area contributed by atoms with Crippen LogP contribution in [0.1, 0.15) is 27.6 Å². The Hall–Kier alpha value is -2.26. The average Bonchev–Trinajstić information content (AvgIpc) is 2.53. The van der Waals surface area contributed by atoms with Crippen molar-refractivity contribution in [1.82, 2.24) is 4.90 Å². The van der Waals surface area contributed by atoms with Crippen molar-refractivity contribution in [3.63, 3.8) is 0 Å². The summed E-state index contributed by atoms with van der Waals surface area (Å²) in [4.78, 5) is 38.1. The first-order chi connectivity index (χ1) is 7.66. The number of fused-ring (bicyclic) bond motifs is 1. The molecule has 0 fully saturated rings. The van der Waals surface area contributed by atoms with E-state index in [1.54, 1.807) is 24.3 Å². The van der Waals surface area contributed by atoms with E-state index in [1.165, 1.54) is 13.0 Å². The highest BCUT2D eigenvalue weighted by Crippen LogP contribution is 2.24. The van der Waals surface area contributed by atoms with Crippen LogP contribution in [0.15, 0.2) is 29.3 Å². The summed E-state index contributed by atoms with van der Waals surface area (Å²) in [5.41, 5.74) is 0.695. The molecule has 1 aliphatic rings. The van der Waals surface area contributed by atoms with Gasteiger partial charge in [-0.3, -0.25) is 14.5 Å². The number of nitrogens with zero attached hydrogens (tertiary/aromatic N) is 2. The molecular weight excluding hydrogens is 208 g/mol. The molecule has 0 aromatic heterocycles. The standard InChI is InChI=1S/C11H8N2O3/c1-7(12-6-14)13-10(15)8-4-2-3-5-9(8)11(13)16/h2-5,7H,1H3. The molecule has 1 unspecified atom stereocenters. The fourth-order valence-corrected chi connectivity index (χ4v) is 1.68. The summed E-state index contributed by atoms with van der Waals surface area (Å²) < 4.78 is 0. The van der Waals surface area contributed by atoms with Crippen molar-refractivity contribution in [2.75, 3.05) is 0 Å². The van der Waals surface area contributed by atoms with Gasteiger partial charge in [0.05, 0.1) is 11.1 Å². The van der Waals surface area contributed by atoms with Crippen LogP contribution in [0.5, 0.6) is 0 Å². The Balaban J connectivity index is 2.46. The van der Waals surface area contributed by atoms with E-state index in [0.717, 1.165) is 4.90 Å². The number of rotatable bonds is 2. The zero-order chi connectivity index (χ0) is 11.7. The molecule has 1 heterocycles. The summed E-state index contributed by atoms with van der Waals surface area (Å²) in [6, 6.07) is 6.52. The Bertz CT molecular complexity index is 483. The van der Waals surface area contributed by atoms with Crippen molar-refractivity contribution in [2.45, 2.75) is 13.1 Å². The van der Waals surface area contributed by atoms with Gasteiger partial charge in [0.1, 0.15) is 6.17 Å². The summed E-state index contributed by atoms with van der Waals surface area (Å²) in [5, 5.41) is 0. The number of carbonyl (C=O) groups excluding carboxylic acids is 3. The van der Waals surface area contributed by atoms with Gasteiger partial charge < -0.3 is 0 Å². The smallest absolute Gasteiger partial charge is 0.263 e. The molecule has 0 bridgehead atoms. The van der Waals surface area contributed by atoms with Gasteiger partial charge in [0.15, 0.2) is 0 Å². The Labute approximate surface area is 91.4 Å². The van der Waals surface area contributed by atoms with Gasteiger partial charge >= 0.3 is 0 Å². The third-order valence-corrected chi connectivity index (χ3v) is 2.44. The Morgan fingerprint density at radius 3 is 2.12 bits per heavy atom. The van der Waals surface area contributed by atoms with Crippen LogP contribution in [0.4, 0.5) is 0 Å². The summed E-state index contributed by atoms with van der Waals surface area (Å²) >= 11 is 0. The first-order valence-corrected chi connectivity index (χ1v) is 4.70. The number of benzene rings is 1. The minimum absolute atomic E-state index is 0.348. The van der Waals surface area contributed by atoms with Gasteiger partial charge in [-0.05, 0) is 19.1 Å². The molecule has 2 rings (SSSR count). The maximum absolute atomic E-state index is 11.8. The highest BCUT2D eigenvalue weighted by atomic mass is 16.2.